The van der Waals surface area contributed by atoms with Crippen LogP contribution in [0.1, 0.15) is 5.56 Å². The van der Waals surface area contributed by atoms with E-state index in [9.17, 15) is 0 Å². The number of aromatic nitrogens is 3. The zero-order valence-corrected chi connectivity index (χ0v) is 13.4. The van der Waals surface area contributed by atoms with Gasteiger partial charge in [-0.2, -0.15) is 9.78 Å². The monoisotopic (exact) mass is 332 g/mol. The van der Waals surface area contributed by atoms with Gasteiger partial charge in [0, 0.05) is 5.75 Å². The summed E-state index contributed by atoms with van der Waals surface area (Å²) in [4.78, 5) is 0. The van der Waals surface area contributed by atoms with Crippen molar-refractivity contribution < 1.29 is 4.42 Å². The molecule has 0 radical (unpaired) electrons. The smallest absolute Gasteiger partial charge is 0.221 e. The Morgan fingerprint density at radius 1 is 0.958 bits per heavy atom. The first-order valence-corrected chi connectivity index (χ1v) is 8.56. The Kier molecular flexibility index (Phi) is 3.02. The zero-order chi connectivity index (χ0) is 15.9. The number of thioether (sulfide) groups is 1. The zero-order valence-electron chi connectivity index (χ0n) is 12.6. The topological polar surface area (TPSA) is 56.2 Å². The molecule has 1 aliphatic rings. The summed E-state index contributed by atoms with van der Waals surface area (Å²) in [7, 11) is 0. The highest BCUT2D eigenvalue weighted by Gasteiger charge is 2.21. The van der Waals surface area contributed by atoms with Gasteiger partial charge in [0.05, 0.1) is 12.0 Å². The SMILES string of the molecule is c1coc(-c2nnc3n2N=C(c2ccc4ccccc4c2)CS3)c1. The van der Waals surface area contributed by atoms with Crippen molar-refractivity contribution in [2.24, 2.45) is 5.10 Å². The first-order valence-electron chi connectivity index (χ1n) is 7.57. The van der Waals surface area contributed by atoms with Crippen molar-refractivity contribution in [2.75, 3.05) is 5.75 Å². The second-order valence-corrected chi connectivity index (χ2v) is 6.44. The summed E-state index contributed by atoms with van der Waals surface area (Å²) in [5, 5.41) is 16.4. The third-order valence-corrected chi connectivity index (χ3v) is 4.93. The second kappa shape index (κ2) is 5.35. The third-order valence-electron chi connectivity index (χ3n) is 4.00. The van der Waals surface area contributed by atoms with Gasteiger partial charge in [-0.05, 0) is 34.5 Å². The van der Waals surface area contributed by atoms with Crippen LogP contribution >= 0.6 is 11.8 Å². The highest BCUT2D eigenvalue weighted by Crippen LogP contribution is 2.29. The maximum Gasteiger partial charge on any atom is 0.221 e. The molecule has 24 heavy (non-hydrogen) atoms. The van der Waals surface area contributed by atoms with E-state index < -0.39 is 0 Å². The molecule has 0 bridgehead atoms. The molecule has 0 saturated carbocycles. The van der Waals surface area contributed by atoms with Crippen LogP contribution in [0.5, 0.6) is 0 Å². The van der Waals surface area contributed by atoms with E-state index in [0.29, 0.717) is 11.6 Å². The number of fused-ring (bicyclic) bond motifs is 2. The number of rotatable bonds is 2. The van der Waals surface area contributed by atoms with Crippen LogP contribution in [0.15, 0.2) is 75.5 Å². The fourth-order valence-electron chi connectivity index (χ4n) is 2.80. The summed E-state index contributed by atoms with van der Waals surface area (Å²) in [6, 6.07) is 18.5. The lowest BCUT2D eigenvalue weighted by Crippen LogP contribution is -2.13. The highest BCUT2D eigenvalue weighted by molar-refractivity contribution is 7.99. The molecule has 0 aliphatic carbocycles. The van der Waals surface area contributed by atoms with Gasteiger partial charge in [0.25, 0.3) is 0 Å². The Labute approximate surface area is 142 Å². The summed E-state index contributed by atoms with van der Waals surface area (Å²) >= 11 is 1.63. The molecule has 5 rings (SSSR count). The van der Waals surface area contributed by atoms with Crippen molar-refractivity contribution in [2.45, 2.75) is 5.16 Å². The molecule has 0 spiro atoms. The molecule has 0 amide bonds. The van der Waals surface area contributed by atoms with E-state index in [0.717, 1.165) is 22.2 Å². The van der Waals surface area contributed by atoms with Gasteiger partial charge in [0.2, 0.25) is 11.0 Å². The summed E-state index contributed by atoms with van der Waals surface area (Å²) in [5.74, 6) is 2.06. The van der Waals surface area contributed by atoms with E-state index in [-0.39, 0.29) is 0 Å². The van der Waals surface area contributed by atoms with E-state index in [1.807, 2.05) is 12.1 Å². The summed E-state index contributed by atoms with van der Waals surface area (Å²) < 4.78 is 7.20. The normalized spacial score (nSPS) is 13.8. The molecule has 5 nitrogen and oxygen atoms in total. The molecule has 4 aromatic rings. The van der Waals surface area contributed by atoms with Gasteiger partial charge < -0.3 is 4.42 Å². The van der Waals surface area contributed by atoms with Crippen LogP contribution in [0.3, 0.4) is 0 Å². The van der Waals surface area contributed by atoms with Gasteiger partial charge in [-0.15, -0.1) is 10.2 Å². The van der Waals surface area contributed by atoms with Crippen LogP contribution in [-0.4, -0.2) is 26.3 Å². The predicted molar refractivity (Wildman–Crippen MR) is 94.3 cm³/mol. The number of hydrogen-bond acceptors (Lipinski definition) is 5. The number of furan rings is 1. The second-order valence-electron chi connectivity index (χ2n) is 5.49. The molecule has 2 aromatic heterocycles. The van der Waals surface area contributed by atoms with E-state index in [2.05, 4.69) is 52.7 Å². The van der Waals surface area contributed by atoms with E-state index in [1.54, 1.807) is 22.7 Å². The van der Waals surface area contributed by atoms with Crippen LogP contribution < -0.4 is 0 Å². The molecule has 116 valence electrons. The largest absolute Gasteiger partial charge is 0.461 e. The minimum atomic E-state index is 0.625. The van der Waals surface area contributed by atoms with Gasteiger partial charge in [-0.25, -0.2) is 0 Å². The predicted octanol–water partition coefficient (Wildman–Crippen LogP) is 4.05. The molecular weight excluding hydrogens is 320 g/mol. The Morgan fingerprint density at radius 2 is 1.88 bits per heavy atom. The highest BCUT2D eigenvalue weighted by atomic mass is 32.2. The molecule has 0 N–H and O–H groups in total. The summed E-state index contributed by atoms with van der Waals surface area (Å²) in [6.45, 7) is 0. The van der Waals surface area contributed by atoms with Crippen molar-refractivity contribution in [1.82, 2.24) is 14.9 Å². The van der Waals surface area contributed by atoms with E-state index >= 15 is 0 Å². The molecule has 0 unspecified atom stereocenters. The van der Waals surface area contributed by atoms with Crippen molar-refractivity contribution in [1.29, 1.82) is 0 Å². The summed E-state index contributed by atoms with van der Waals surface area (Å²) in [6.07, 6.45) is 1.63. The molecule has 6 heteroatoms. The quantitative estimate of drug-likeness (QED) is 0.556. The number of hydrogen-bond donors (Lipinski definition) is 0. The van der Waals surface area contributed by atoms with Crippen molar-refractivity contribution in [3.63, 3.8) is 0 Å². The van der Waals surface area contributed by atoms with Crippen molar-refractivity contribution >= 4 is 28.2 Å². The summed E-state index contributed by atoms with van der Waals surface area (Å²) in [5.41, 5.74) is 2.12. The Balaban J connectivity index is 1.62. The van der Waals surface area contributed by atoms with Gasteiger partial charge >= 0.3 is 0 Å². The molecule has 0 atom stereocenters. The molecule has 0 saturated heterocycles. The Bertz CT molecular complexity index is 1070. The van der Waals surface area contributed by atoms with Crippen LogP contribution in [-0.2, 0) is 0 Å². The molecule has 3 heterocycles. The maximum absolute atomic E-state index is 5.44. The fraction of sp³-hybridized carbons (Fsp3) is 0.0556. The van der Waals surface area contributed by atoms with Crippen LogP contribution in [0.25, 0.3) is 22.4 Å². The van der Waals surface area contributed by atoms with Gasteiger partial charge in [-0.3, -0.25) is 0 Å². The van der Waals surface area contributed by atoms with Crippen molar-refractivity contribution in [3.05, 3.63) is 66.4 Å². The molecule has 2 aromatic carbocycles. The lowest BCUT2D eigenvalue weighted by Gasteiger charge is -2.13. The Morgan fingerprint density at radius 3 is 2.75 bits per heavy atom. The standard InChI is InChI=1S/C18H12N4OS/c1-2-5-13-10-14(8-7-12(13)4-1)15-11-24-18-20-19-17(22(18)21-15)16-6-3-9-23-16/h1-10H,11H2. The third kappa shape index (κ3) is 2.15. The molecule has 0 fully saturated rings. The first kappa shape index (κ1) is 13.6. The lowest BCUT2D eigenvalue weighted by molar-refractivity contribution is 0.571. The van der Waals surface area contributed by atoms with E-state index in [1.165, 1.54) is 10.8 Å². The van der Waals surface area contributed by atoms with Crippen LogP contribution in [0, 0.1) is 0 Å². The first-order chi connectivity index (χ1) is 11.9. The van der Waals surface area contributed by atoms with Gasteiger partial charge in [-0.1, -0.05) is 48.2 Å². The van der Waals surface area contributed by atoms with Crippen molar-refractivity contribution in [3.8, 4) is 11.6 Å². The molecular formula is C18H12N4OS. The number of benzene rings is 2. The van der Waals surface area contributed by atoms with Crippen LogP contribution in [0.4, 0.5) is 0 Å². The van der Waals surface area contributed by atoms with Gasteiger partial charge in [0.1, 0.15) is 0 Å². The average Bonchev–Trinajstić information content (AvgIpc) is 3.30. The minimum Gasteiger partial charge on any atom is -0.461 e. The minimum absolute atomic E-state index is 0.625. The molecule has 1 aliphatic heterocycles. The van der Waals surface area contributed by atoms with E-state index in [4.69, 9.17) is 9.52 Å². The maximum atomic E-state index is 5.44. The lowest BCUT2D eigenvalue weighted by atomic mass is 10.0. The van der Waals surface area contributed by atoms with Crippen LogP contribution in [0.2, 0.25) is 0 Å². The fourth-order valence-corrected chi connectivity index (χ4v) is 3.64. The van der Waals surface area contributed by atoms with Gasteiger partial charge in [0.15, 0.2) is 5.76 Å². The Hall–Kier alpha value is -2.86. The average molecular weight is 332 g/mol. The number of nitrogens with zero attached hydrogens (tertiary/aromatic N) is 4.